The lowest BCUT2D eigenvalue weighted by atomic mass is 10.1. The predicted molar refractivity (Wildman–Crippen MR) is 84.9 cm³/mol. The van der Waals surface area contributed by atoms with E-state index in [4.69, 9.17) is 21.1 Å². The van der Waals surface area contributed by atoms with Crippen LogP contribution in [0.25, 0.3) is 0 Å². The zero-order valence-electron chi connectivity index (χ0n) is 12.4. The van der Waals surface area contributed by atoms with Gasteiger partial charge in [-0.15, -0.1) is 0 Å². The Balaban J connectivity index is 2.20. The van der Waals surface area contributed by atoms with E-state index in [0.717, 1.165) is 11.1 Å². The fraction of sp³-hybridized carbons (Fsp3) is 0.235. The van der Waals surface area contributed by atoms with Crippen molar-refractivity contribution in [3.63, 3.8) is 0 Å². The fourth-order valence-electron chi connectivity index (χ4n) is 2.03. The maximum absolute atomic E-state index is 11.5. The number of aliphatic carboxylic acids is 1. The number of aryl methyl sites for hydroxylation is 1. The second kappa shape index (κ2) is 7.18. The van der Waals surface area contributed by atoms with E-state index in [1.165, 1.54) is 7.11 Å². The molecule has 0 fully saturated rings. The van der Waals surface area contributed by atoms with E-state index in [0.29, 0.717) is 16.5 Å². The van der Waals surface area contributed by atoms with Gasteiger partial charge in [0.1, 0.15) is 0 Å². The Morgan fingerprint density at radius 1 is 1.23 bits per heavy atom. The molecule has 1 N–H and O–H groups in total. The summed E-state index contributed by atoms with van der Waals surface area (Å²) < 4.78 is 10.8. The fourth-order valence-corrected chi connectivity index (χ4v) is 2.23. The lowest BCUT2D eigenvalue weighted by molar-refractivity contribution is -0.145. The van der Waals surface area contributed by atoms with Crippen LogP contribution in [0.2, 0.25) is 5.02 Å². The second-order valence-electron chi connectivity index (χ2n) is 4.88. The van der Waals surface area contributed by atoms with Gasteiger partial charge in [0, 0.05) is 11.4 Å². The van der Waals surface area contributed by atoms with Crippen LogP contribution in [0.5, 0.6) is 11.5 Å². The highest BCUT2D eigenvalue weighted by Gasteiger charge is 2.21. The van der Waals surface area contributed by atoms with Gasteiger partial charge in [-0.1, -0.05) is 35.9 Å². The first kappa shape index (κ1) is 16.2. The third kappa shape index (κ3) is 3.92. The van der Waals surface area contributed by atoms with Gasteiger partial charge in [0.15, 0.2) is 17.6 Å². The van der Waals surface area contributed by atoms with Gasteiger partial charge < -0.3 is 14.6 Å². The highest BCUT2D eigenvalue weighted by molar-refractivity contribution is 6.31. The van der Waals surface area contributed by atoms with Crippen molar-refractivity contribution < 1.29 is 19.4 Å². The maximum atomic E-state index is 11.5. The third-order valence-corrected chi connectivity index (χ3v) is 3.68. The molecule has 0 spiro atoms. The molecule has 22 heavy (non-hydrogen) atoms. The first-order chi connectivity index (χ1) is 10.5. The number of halogens is 1. The van der Waals surface area contributed by atoms with Crippen LogP contribution in [-0.2, 0) is 11.2 Å². The Kier molecular flexibility index (Phi) is 5.28. The summed E-state index contributed by atoms with van der Waals surface area (Å²) in [5, 5.41) is 9.99. The number of ether oxygens (including phenoxy) is 2. The Hall–Kier alpha value is -2.20. The van der Waals surface area contributed by atoms with Gasteiger partial charge in [-0.2, -0.15) is 0 Å². The summed E-state index contributed by atoms with van der Waals surface area (Å²) in [4.78, 5) is 11.5. The Morgan fingerprint density at radius 2 is 1.91 bits per heavy atom. The summed E-state index contributed by atoms with van der Waals surface area (Å²) in [5.41, 5.74) is 1.75. The van der Waals surface area contributed by atoms with Crippen LogP contribution < -0.4 is 9.47 Å². The molecule has 0 amide bonds. The van der Waals surface area contributed by atoms with Gasteiger partial charge in [-0.05, 0) is 36.2 Å². The summed E-state index contributed by atoms with van der Waals surface area (Å²) in [5.74, 6) is -0.145. The molecular formula is C17H17ClO4. The van der Waals surface area contributed by atoms with Gasteiger partial charge in [0.25, 0.3) is 0 Å². The molecule has 2 rings (SSSR count). The molecule has 0 radical (unpaired) electrons. The smallest absolute Gasteiger partial charge is 0.345 e. The van der Waals surface area contributed by atoms with E-state index in [9.17, 15) is 9.90 Å². The molecule has 2 aromatic rings. The van der Waals surface area contributed by atoms with Crippen molar-refractivity contribution in [1.29, 1.82) is 0 Å². The van der Waals surface area contributed by atoms with Crippen molar-refractivity contribution in [2.75, 3.05) is 7.11 Å². The molecular weight excluding hydrogens is 304 g/mol. The van der Waals surface area contributed by atoms with Crippen molar-refractivity contribution in [3.05, 3.63) is 58.6 Å². The zero-order valence-corrected chi connectivity index (χ0v) is 13.1. The first-order valence-electron chi connectivity index (χ1n) is 6.78. The maximum Gasteiger partial charge on any atom is 0.345 e. The summed E-state index contributed by atoms with van der Waals surface area (Å²) in [6.07, 6.45) is -0.803. The Morgan fingerprint density at radius 3 is 2.50 bits per heavy atom. The summed E-state index contributed by atoms with van der Waals surface area (Å²) in [6.45, 7) is 1.89. The molecule has 0 aliphatic rings. The number of rotatable bonds is 6. The number of benzene rings is 2. The van der Waals surface area contributed by atoms with Gasteiger partial charge in [-0.25, -0.2) is 4.79 Å². The summed E-state index contributed by atoms with van der Waals surface area (Å²) in [6, 6.07) is 12.4. The van der Waals surface area contributed by atoms with Crippen molar-refractivity contribution in [2.45, 2.75) is 19.4 Å². The van der Waals surface area contributed by atoms with Gasteiger partial charge in [0.05, 0.1) is 7.11 Å². The minimum absolute atomic E-state index is 0.216. The number of hydrogen-bond acceptors (Lipinski definition) is 3. The Labute approximate surface area is 134 Å². The van der Waals surface area contributed by atoms with Gasteiger partial charge in [-0.3, -0.25) is 0 Å². The minimum Gasteiger partial charge on any atom is -0.493 e. The van der Waals surface area contributed by atoms with Crippen LogP contribution in [0.15, 0.2) is 42.5 Å². The highest BCUT2D eigenvalue weighted by Crippen LogP contribution is 2.28. The molecule has 0 aliphatic carbocycles. The zero-order chi connectivity index (χ0) is 16.1. The van der Waals surface area contributed by atoms with Crippen molar-refractivity contribution in [1.82, 2.24) is 0 Å². The van der Waals surface area contributed by atoms with Crippen molar-refractivity contribution in [2.24, 2.45) is 0 Å². The average Bonchev–Trinajstić information content (AvgIpc) is 2.50. The topological polar surface area (TPSA) is 55.8 Å². The van der Waals surface area contributed by atoms with Gasteiger partial charge >= 0.3 is 5.97 Å². The molecule has 0 saturated carbocycles. The molecule has 0 saturated heterocycles. The number of hydrogen-bond donors (Lipinski definition) is 1. The average molecular weight is 321 g/mol. The van der Waals surface area contributed by atoms with Crippen LogP contribution in [0.4, 0.5) is 0 Å². The van der Waals surface area contributed by atoms with E-state index >= 15 is 0 Å². The molecule has 0 unspecified atom stereocenters. The third-order valence-electron chi connectivity index (χ3n) is 3.27. The molecule has 5 heteroatoms. The number of para-hydroxylation sites is 2. The number of carbonyl (C=O) groups is 1. The van der Waals surface area contributed by atoms with Crippen LogP contribution in [0.3, 0.4) is 0 Å². The van der Waals surface area contributed by atoms with E-state index < -0.39 is 12.1 Å². The summed E-state index contributed by atoms with van der Waals surface area (Å²) in [7, 11) is 1.51. The van der Waals surface area contributed by atoms with E-state index in [1.54, 1.807) is 30.3 Å². The molecule has 1 atom stereocenters. The molecule has 116 valence electrons. The molecule has 0 aliphatic heterocycles. The van der Waals surface area contributed by atoms with E-state index in [1.807, 2.05) is 19.1 Å². The second-order valence-corrected chi connectivity index (χ2v) is 5.29. The van der Waals surface area contributed by atoms with Crippen LogP contribution >= 0.6 is 11.6 Å². The molecule has 2 aromatic carbocycles. The number of carboxylic acid groups (broad SMARTS) is 1. The van der Waals surface area contributed by atoms with Crippen LogP contribution in [0, 0.1) is 6.92 Å². The van der Waals surface area contributed by atoms with Crippen LogP contribution in [0.1, 0.15) is 11.1 Å². The SMILES string of the molecule is COc1ccccc1O[C@@H](Cc1ccc(C)c(Cl)c1)C(=O)O. The van der Waals surface area contributed by atoms with Gasteiger partial charge in [0.2, 0.25) is 0 Å². The molecule has 4 nitrogen and oxygen atoms in total. The lowest BCUT2D eigenvalue weighted by Gasteiger charge is -2.17. The standard InChI is InChI=1S/C17H17ClO4/c1-11-7-8-12(9-13(11)18)10-16(17(19)20)22-15-6-4-3-5-14(15)21-2/h3-9,16H,10H2,1-2H3,(H,19,20)/t16-/m0/s1. The number of methoxy groups -OCH3 is 1. The van der Waals surface area contributed by atoms with Crippen molar-refractivity contribution >= 4 is 17.6 Å². The normalized spacial score (nSPS) is 11.8. The van der Waals surface area contributed by atoms with Crippen LogP contribution in [-0.4, -0.2) is 24.3 Å². The quantitative estimate of drug-likeness (QED) is 0.881. The van der Waals surface area contributed by atoms with E-state index in [2.05, 4.69) is 0 Å². The minimum atomic E-state index is -1.04. The molecule has 0 heterocycles. The van der Waals surface area contributed by atoms with E-state index in [-0.39, 0.29) is 6.42 Å². The van der Waals surface area contributed by atoms with Crippen molar-refractivity contribution in [3.8, 4) is 11.5 Å². The Bertz CT molecular complexity index is 669. The highest BCUT2D eigenvalue weighted by atomic mass is 35.5. The molecule has 0 bridgehead atoms. The number of carboxylic acids is 1. The predicted octanol–water partition coefficient (Wildman–Crippen LogP) is 3.73. The first-order valence-corrected chi connectivity index (χ1v) is 7.16. The lowest BCUT2D eigenvalue weighted by Crippen LogP contribution is -2.29. The molecule has 0 aromatic heterocycles. The largest absolute Gasteiger partial charge is 0.493 e. The monoisotopic (exact) mass is 320 g/mol. The summed E-state index contributed by atoms with van der Waals surface area (Å²) >= 11 is 6.08.